The van der Waals surface area contributed by atoms with Crippen molar-refractivity contribution in [1.29, 1.82) is 0 Å². The molecular formula is C23H21Cl3N2O4S. The maximum Gasteiger partial charge on any atom is 0.251 e. The van der Waals surface area contributed by atoms with Crippen molar-refractivity contribution in [1.82, 2.24) is 5.32 Å². The van der Waals surface area contributed by atoms with Crippen LogP contribution in [-0.4, -0.2) is 33.7 Å². The molecule has 10 heteroatoms. The normalized spacial score (nSPS) is 11.2. The molecule has 6 nitrogen and oxygen atoms in total. The van der Waals surface area contributed by atoms with Crippen molar-refractivity contribution in [3.63, 3.8) is 0 Å². The Bertz CT molecular complexity index is 1230. The first-order valence-corrected chi connectivity index (χ1v) is 12.8. The minimum absolute atomic E-state index is 0.0342. The van der Waals surface area contributed by atoms with Crippen LogP contribution >= 0.6 is 34.8 Å². The lowest BCUT2D eigenvalue weighted by molar-refractivity contribution is 0.0947. The largest absolute Gasteiger partial charge is 0.490 e. The number of para-hydroxylation sites is 1. The summed E-state index contributed by atoms with van der Waals surface area (Å²) in [6.45, 7) is 0.588. The zero-order valence-corrected chi connectivity index (χ0v) is 20.7. The molecule has 0 spiro atoms. The molecule has 1 amide bonds. The fourth-order valence-corrected chi connectivity index (χ4v) is 4.49. The minimum Gasteiger partial charge on any atom is -0.490 e. The third-order valence-electron chi connectivity index (χ3n) is 4.60. The predicted molar refractivity (Wildman–Crippen MR) is 133 cm³/mol. The number of sulfonamides is 1. The van der Waals surface area contributed by atoms with E-state index in [2.05, 4.69) is 5.32 Å². The van der Waals surface area contributed by atoms with Gasteiger partial charge in [-0.15, -0.1) is 0 Å². The Morgan fingerprint density at radius 1 is 0.970 bits per heavy atom. The molecular weight excluding hydrogens is 507 g/mol. The van der Waals surface area contributed by atoms with Crippen LogP contribution in [0.25, 0.3) is 0 Å². The van der Waals surface area contributed by atoms with Crippen LogP contribution in [0.3, 0.4) is 0 Å². The first-order chi connectivity index (χ1) is 15.6. The molecule has 0 unspecified atom stereocenters. The molecule has 0 bridgehead atoms. The summed E-state index contributed by atoms with van der Waals surface area (Å²) in [6.07, 6.45) is 1.09. The number of carbonyl (C=O) groups is 1. The molecule has 33 heavy (non-hydrogen) atoms. The van der Waals surface area contributed by atoms with Gasteiger partial charge in [0.15, 0.2) is 0 Å². The van der Waals surface area contributed by atoms with Gasteiger partial charge in [-0.25, -0.2) is 8.42 Å². The molecule has 174 valence electrons. The second-order valence-corrected chi connectivity index (χ2v) is 10.3. The maximum atomic E-state index is 12.4. The molecule has 3 rings (SSSR count). The van der Waals surface area contributed by atoms with Gasteiger partial charge in [0, 0.05) is 10.6 Å². The van der Waals surface area contributed by atoms with E-state index in [1.54, 1.807) is 54.6 Å². The van der Waals surface area contributed by atoms with Gasteiger partial charge in [0.1, 0.15) is 12.4 Å². The van der Waals surface area contributed by atoms with Gasteiger partial charge >= 0.3 is 0 Å². The van der Waals surface area contributed by atoms with Crippen molar-refractivity contribution in [2.45, 2.75) is 6.54 Å². The van der Waals surface area contributed by atoms with Crippen LogP contribution in [0.15, 0.2) is 66.7 Å². The molecule has 0 aliphatic rings. The summed E-state index contributed by atoms with van der Waals surface area (Å²) in [5.41, 5.74) is 1.39. The minimum atomic E-state index is -3.64. The second kappa shape index (κ2) is 11.1. The van der Waals surface area contributed by atoms with Crippen molar-refractivity contribution in [2.24, 2.45) is 0 Å². The van der Waals surface area contributed by atoms with E-state index in [0.717, 1.165) is 6.26 Å². The second-order valence-electron chi connectivity index (χ2n) is 7.10. The van der Waals surface area contributed by atoms with E-state index in [0.29, 0.717) is 33.5 Å². The Labute approximate surface area is 208 Å². The summed E-state index contributed by atoms with van der Waals surface area (Å²) in [5.74, 6) is 0.273. The number of amides is 1. The first kappa shape index (κ1) is 25.2. The fourth-order valence-electron chi connectivity index (χ4n) is 2.97. The summed E-state index contributed by atoms with van der Waals surface area (Å²) in [5, 5.41) is 3.90. The summed E-state index contributed by atoms with van der Waals surface area (Å²) >= 11 is 18.3. The third kappa shape index (κ3) is 7.01. The fraction of sp³-hybridized carbons (Fsp3) is 0.174. The number of hydrogen-bond acceptors (Lipinski definition) is 4. The molecule has 0 saturated carbocycles. The number of benzene rings is 3. The van der Waals surface area contributed by atoms with Crippen molar-refractivity contribution in [2.75, 3.05) is 23.7 Å². The number of halogens is 3. The predicted octanol–water partition coefficient (Wildman–Crippen LogP) is 5.42. The quantitative estimate of drug-likeness (QED) is 0.377. The van der Waals surface area contributed by atoms with Crippen LogP contribution in [0.2, 0.25) is 15.1 Å². The monoisotopic (exact) mass is 526 g/mol. The smallest absolute Gasteiger partial charge is 0.251 e. The van der Waals surface area contributed by atoms with Gasteiger partial charge in [0.2, 0.25) is 10.0 Å². The molecule has 0 saturated heterocycles. The zero-order valence-electron chi connectivity index (χ0n) is 17.6. The topological polar surface area (TPSA) is 75.7 Å². The molecule has 3 aromatic rings. The summed E-state index contributed by atoms with van der Waals surface area (Å²) in [7, 11) is -3.64. The standard InChI is InChI=1S/C23H21Cl3N2O4S/c1-33(30,31)28(21-14-18(24)10-11-19(21)25)15-16-6-8-17(9-7-16)23(29)27-12-13-32-22-5-3-2-4-20(22)26/h2-11,14H,12-13,15H2,1H3,(H,27,29). The highest BCUT2D eigenvalue weighted by Crippen LogP contribution is 2.32. The van der Waals surface area contributed by atoms with Crippen LogP contribution in [0.4, 0.5) is 5.69 Å². The van der Waals surface area contributed by atoms with Crippen molar-refractivity contribution in [3.05, 3.63) is 92.9 Å². The Balaban J connectivity index is 1.62. The van der Waals surface area contributed by atoms with E-state index in [4.69, 9.17) is 39.5 Å². The van der Waals surface area contributed by atoms with Crippen molar-refractivity contribution < 1.29 is 17.9 Å². The molecule has 0 atom stereocenters. The van der Waals surface area contributed by atoms with Crippen molar-refractivity contribution in [3.8, 4) is 5.75 Å². The van der Waals surface area contributed by atoms with Gasteiger partial charge in [-0.2, -0.15) is 0 Å². The molecule has 0 aromatic heterocycles. The van der Waals surface area contributed by atoms with Gasteiger partial charge in [0.05, 0.1) is 35.1 Å². The first-order valence-electron chi connectivity index (χ1n) is 9.82. The van der Waals surface area contributed by atoms with Gasteiger partial charge in [-0.05, 0) is 48.0 Å². The van der Waals surface area contributed by atoms with Gasteiger partial charge in [0.25, 0.3) is 5.91 Å². The Hall–Kier alpha value is -2.45. The Morgan fingerprint density at radius 2 is 1.67 bits per heavy atom. The maximum absolute atomic E-state index is 12.4. The lowest BCUT2D eigenvalue weighted by Gasteiger charge is -2.24. The SMILES string of the molecule is CS(=O)(=O)N(Cc1ccc(C(=O)NCCOc2ccccc2Cl)cc1)c1cc(Cl)ccc1Cl. The molecule has 0 fully saturated rings. The van der Waals surface area contributed by atoms with E-state index in [1.165, 1.54) is 10.4 Å². The molecule has 0 heterocycles. The highest BCUT2D eigenvalue weighted by molar-refractivity contribution is 7.92. The molecule has 1 N–H and O–H groups in total. The molecule has 0 aliphatic carbocycles. The van der Waals surface area contributed by atoms with E-state index < -0.39 is 10.0 Å². The van der Waals surface area contributed by atoms with Crippen LogP contribution in [-0.2, 0) is 16.6 Å². The lowest BCUT2D eigenvalue weighted by atomic mass is 10.1. The zero-order chi connectivity index (χ0) is 24.0. The van der Waals surface area contributed by atoms with E-state index in [1.807, 2.05) is 6.07 Å². The van der Waals surface area contributed by atoms with Crippen LogP contribution < -0.4 is 14.4 Å². The van der Waals surface area contributed by atoms with E-state index in [-0.39, 0.29) is 29.8 Å². The number of anilines is 1. The summed E-state index contributed by atoms with van der Waals surface area (Å²) < 4.78 is 31.5. The number of rotatable bonds is 9. The summed E-state index contributed by atoms with van der Waals surface area (Å²) in [6, 6.07) is 18.3. The molecule has 3 aromatic carbocycles. The molecule has 0 aliphatic heterocycles. The number of nitrogens with zero attached hydrogens (tertiary/aromatic N) is 1. The van der Waals surface area contributed by atoms with Gasteiger partial charge in [-0.3, -0.25) is 9.10 Å². The van der Waals surface area contributed by atoms with Gasteiger partial charge in [-0.1, -0.05) is 59.1 Å². The number of nitrogens with one attached hydrogen (secondary N) is 1. The Morgan fingerprint density at radius 3 is 2.33 bits per heavy atom. The highest BCUT2D eigenvalue weighted by atomic mass is 35.5. The number of carbonyl (C=O) groups excluding carboxylic acids is 1. The lowest BCUT2D eigenvalue weighted by Crippen LogP contribution is -2.30. The summed E-state index contributed by atoms with van der Waals surface area (Å²) in [4.78, 5) is 12.4. The average molecular weight is 528 g/mol. The average Bonchev–Trinajstić information content (AvgIpc) is 2.77. The third-order valence-corrected chi connectivity index (χ3v) is 6.59. The Kier molecular flexibility index (Phi) is 8.48. The van der Waals surface area contributed by atoms with E-state index >= 15 is 0 Å². The van der Waals surface area contributed by atoms with Crippen LogP contribution in [0.5, 0.6) is 5.75 Å². The van der Waals surface area contributed by atoms with Gasteiger partial charge < -0.3 is 10.1 Å². The highest BCUT2D eigenvalue weighted by Gasteiger charge is 2.21. The molecule has 0 radical (unpaired) electrons. The number of ether oxygens (including phenoxy) is 1. The van der Waals surface area contributed by atoms with Crippen LogP contribution in [0.1, 0.15) is 15.9 Å². The van der Waals surface area contributed by atoms with E-state index in [9.17, 15) is 13.2 Å². The van der Waals surface area contributed by atoms with Crippen molar-refractivity contribution >= 4 is 56.4 Å². The number of hydrogen-bond donors (Lipinski definition) is 1. The van der Waals surface area contributed by atoms with Crippen LogP contribution in [0, 0.1) is 0 Å².